The van der Waals surface area contributed by atoms with Gasteiger partial charge < -0.3 is 15.1 Å². The smallest absolute Gasteiger partial charge is 0.317 e. The molecule has 1 aliphatic rings. The number of nitrogens with one attached hydrogen (secondary N) is 1. The third-order valence-electron chi connectivity index (χ3n) is 4.01. The molecule has 0 saturated carbocycles. The molecule has 22 heavy (non-hydrogen) atoms. The zero-order chi connectivity index (χ0) is 15.9. The average molecular weight is 304 g/mol. The van der Waals surface area contributed by atoms with Crippen molar-refractivity contribution in [1.29, 1.82) is 0 Å². The van der Waals surface area contributed by atoms with Gasteiger partial charge in [-0.25, -0.2) is 4.79 Å². The van der Waals surface area contributed by atoms with Gasteiger partial charge in [-0.3, -0.25) is 4.98 Å². The first kappa shape index (κ1) is 16.7. The lowest BCUT2D eigenvalue weighted by Gasteiger charge is -2.20. The molecule has 5 nitrogen and oxygen atoms in total. The van der Waals surface area contributed by atoms with Crippen molar-refractivity contribution in [2.24, 2.45) is 11.8 Å². The van der Waals surface area contributed by atoms with Gasteiger partial charge in [0.05, 0.1) is 12.2 Å². The summed E-state index contributed by atoms with van der Waals surface area (Å²) in [4.78, 5) is 20.6. The fraction of sp³-hybridized carbons (Fsp3) is 0.647. The number of nitrogens with zero attached hydrogens (tertiary/aromatic N) is 3. The van der Waals surface area contributed by atoms with Crippen LogP contribution in [0.1, 0.15) is 26.0 Å². The van der Waals surface area contributed by atoms with Gasteiger partial charge in [0.2, 0.25) is 0 Å². The summed E-state index contributed by atoms with van der Waals surface area (Å²) < 4.78 is 0. The Morgan fingerprint density at radius 1 is 1.50 bits per heavy atom. The lowest BCUT2D eigenvalue weighted by Crippen LogP contribution is -2.40. The molecule has 0 unspecified atom stereocenters. The number of pyridine rings is 1. The maximum absolute atomic E-state index is 12.1. The molecule has 122 valence electrons. The van der Waals surface area contributed by atoms with E-state index in [0.29, 0.717) is 18.4 Å². The number of hydrogen-bond donors (Lipinski definition) is 1. The van der Waals surface area contributed by atoms with Gasteiger partial charge in [0.1, 0.15) is 0 Å². The highest BCUT2D eigenvalue weighted by Crippen LogP contribution is 2.16. The molecule has 1 aliphatic heterocycles. The topological polar surface area (TPSA) is 48.5 Å². The van der Waals surface area contributed by atoms with Gasteiger partial charge in [-0.15, -0.1) is 0 Å². The van der Waals surface area contributed by atoms with Crippen LogP contribution in [-0.4, -0.2) is 54.0 Å². The van der Waals surface area contributed by atoms with E-state index in [2.05, 4.69) is 29.0 Å². The number of carbonyl (C=O) groups is 1. The van der Waals surface area contributed by atoms with E-state index >= 15 is 0 Å². The Bertz CT molecular complexity index is 463. The summed E-state index contributed by atoms with van der Waals surface area (Å²) >= 11 is 0. The number of hydrogen-bond acceptors (Lipinski definition) is 3. The number of carbonyl (C=O) groups excluding carboxylic acids is 1. The SMILES string of the molecule is CC(C)CN1CC[C@H](CNC(=O)N(C)Cc2ccccn2)C1. The van der Waals surface area contributed by atoms with E-state index in [1.165, 1.54) is 6.42 Å². The minimum Gasteiger partial charge on any atom is -0.338 e. The number of likely N-dealkylation sites (tertiary alicyclic amines) is 1. The monoisotopic (exact) mass is 304 g/mol. The zero-order valence-electron chi connectivity index (χ0n) is 14.0. The summed E-state index contributed by atoms with van der Waals surface area (Å²) in [7, 11) is 1.81. The summed E-state index contributed by atoms with van der Waals surface area (Å²) in [5, 5.41) is 3.05. The molecule has 0 bridgehead atoms. The Kier molecular flexibility index (Phi) is 6.19. The van der Waals surface area contributed by atoms with Crippen molar-refractivity contribution in [3.8, 4) is 0 Å². The van der Waals surface area contributed by atoms with Crippen LogP contribution in [0, 0.1) is 11.8 Å². The fourth-order valence-corrected chi connectivity index (χ4v) is 2.93. The second-order valence-corrected chi connectivity index (χ2v) is 6.67. The number of aromatic nitrogens is 1. The van der Waals surface area contributed by atoms with E-state index in [9.17, 15) is 4.79 Å². The first-order valence-corrected chi connectivity index (χ1v) is 8.16. The molecule has 2 amide bonds. The van der Waals surface area contributed by atoms with Crippen LogP contribution >= 0.6 is 0 Å². The van der Waals surface area contributed by atoms with E-state index in [4.69, 9.17) is 0 Å². The minimum absolute atomic E-state index is 0.0204. The molecule has 1 atom stereocenters. The quantitative estimate of drug-likeness (QED) is 0.876. The normalized spacial score (nSPS) is 18.6. The highest BCUT2D eigenvalue weighted by Gasteiger charge is 2.23. The summed E-state index contributed by atoms with van der Waals surface area (Å²) in [5.41, 5.74) is 0.907. The highest BCUT2D eigenvalue weighted by atomic mass is 16.2. The molecule has 0 aliphatic carbocycles. The Balaban J connectivity index is 1.69. The summed E-state index contributed by atoms with van der Waals surface area (Å²) in [5.74, 6) is 1.28. The molecule has 1 aromatic rings. The van der Waals surface area contributed by atoms with Crippen molar-refractivity contribution in [3.63, 3.8) is 0 Å². The number of urea groups is 1. The Labute approximate surface area is 133 Å². The molecule has 5 heteroatoms. The van der Waals surface area contributed by atoms with Crippen LogP contribution in [0.25, 0.3) is 0 Å². The Hall–Kier alpha value is -1.62. The zero-order valence-corrected chi connectivity index (χ0v) is 14.0. The lowest BCUT2D eigenvalue weighted by molar-refractivity contribution is 0.204. The van der Waals surface area contributed by atoms with Gasteiger partial charge in [0.25, 0.3) is 0 Å². The largest absolute Gasteiger partial charge is 0.338 e. The molecule has 1 fully saturated rings. The van der Waals surface area contributed by atoms with Crippen LogP contribution in [0.5, 0.6) is 0 Å². The molecule has 2 heterocycles. The molecule has 1 aromatic heterocycles. The summed E-state index contributed by atoms with van der Waals surface area (Å²) in [6.45, 7) is 9.22. The van der Waals surface area contributed by atoms with Crippen molar-refractivity contribution >= 4 is 6.03 Å². The molecule has 1 saturated heterocycles. The van der Waals surface area contributed by atoms with Gasteiger partial charge in [0.15, 0.2) is 0 Å². The van der Waals surface area contributed by atoms with Crippen LogP contribution in [0.15, 0.2) is 24.4 Å². The molecule has 0 radical (unpaired) electrons. The Morgan fingerprint density at radius 2 is 2.32 bits per heavy atom. The van der Waals surface area contributed by atoms with E-state index in [1.54, 1.807) is 11.1 Å². The first-order chi connectivity index (χ1) is 10.5. The summed E-state index contributed by atoms with van der Waals surface area (Å²) in [6.07, 6.45) is 2.93. The third-order valence-corrected chi connectivity index (χ3v) is 4.01. The number of rotatable bonds is 6. The molecule has 2 rings (SSSR count). The molecule has 0 aromatic carbocycles. The standard InChI is InChI=1S/C17H28N4O/c1-14(2)11-21-9-7-15(12-21)10-19-17(22)20(3)13-16-6-4-5-8-18-16/h4-6,8,14-15H,7,9-13H2,1-3H3,(H,19,22)/t15-/m1/s1. The van der Waals surface area contributed by atoms with Gasteiger partial charge in [-0.05, 0) is 36.9 Å². The van der Waals surface area contributed by atoms with Crippen LogP contribution in [0.4, 0.5) is 4.79 Å². The summed E-state index contributed by atoms with van der Waals surface area (Å²) in [6, 6.07) is 5.74. The van der Waals surface area contributed by atoms with E-state index in [0.717, 1.165) is 31.9 Å². The van der Waals surface area contributed by atoms with Crippen LogP contribution in [0.2, 0.25) is 0 Å². The van der Waals surface area contributed by atoms with Crippen molar-refractivity contribution in [3.05, 3.63) is 30.1 Å². The highest BCUT2D eigenvalue weighted by molar-refractivity contribution is 5.73. The maximum Gasteiger partial charge on any atom is 0.317 e. The first-order valence-electron chi connectivity index (χ1n) is 8.16. The van der Waals surface area contributed by atoms with Crippen LogP contribution in [0.3, 0.4) is 0 Å². The molecule has 0 spiro atoms. The van der Waals surface area contributed by atoms with Gasteiger partial charge >= 0.3 is 6.03 Å². The predicted molar refractivity (Wildman–Crippen MR) is 88.5 cm³/mol. The van der Waals surface area contributed by atoms with Crippen molar-refractivity contribution in [2.75, 3.05) is 33.2 Å². The van der Waals surface area contributed by atoms with Gasteiger partial charge in [0, 0.05) is 32.9 Å². The van der Waals surface area contributed by atoms with E-state index in [-0.39, 0.29) is 6.03 Å². The molecular formula is C17H28N4O. The number of amides is 2. The third kappa shape index (κ3) is 5.30. The Morgan fingerprint density at radius 3 is 3.00 bits per heavy atom. The lowest BCUT2D eigenvalue weighted by atomic mass is 10.1. The van der Waals surface area contributed by atoms with Gasteiger partial charge in [-0.1, -0.05) is 19.9 Å². The van der Waals surface area contributed by atoms with E-state index in [1.807, 2.05) is 25.2 Å². The molecular weight excluding hydrogens is 276 g/mol. The van der Waals surface area contributed by atoms with Crippen molar-refractivity contribution in [1.82, 2.24) is 20.1 Å². The van der Waals surface area contributed by atoms with Crippen LogP contribution in [-0.2, 0) is 6.54 Å². The van der Waals surface area contributed by atoms with Crippen molar-refractivity contribution in [2.45, 2.75) is 26.8 Å². The van der Waals surface area contributed by atoms with E-state index < -0.39 is 0 Å². The van der Waals surface area contributed by atoms with Gasteiger partial charge in [-0.2, -0.15) is 0 Å². The predicted octanol–water partition coefficient (Wildman–Crippen LogP) is 2.20. The fourth-order valence-electron chi connectivity index (χ4n) is 2.93. The second kappa shape index (κ2) is 8.13. The maximum atomic E-state index is 12.1. The van der Waals surface area contributed by atoms with Crippen LogP contribution < -0.4 is 5.32 Å². The molecule has 1 N–H and O–H groups in total. The average Bonchev–Trinajstić information content (AvgIpc) is 2.92. The second-order valence-electron chi connectivity index (χ2n) is 6.67. The minimum atomic E-state index is -0.0204. The van der Waals surface area contributed by atoms with Crippen molar-refractivity contribution < 1.29 is 4.79 Å².